The SMILES string of the molecule is CCOc1ccccc1NC(=O)COC(=O)c1snnc1CC. The second-order valence-electron chi connectivity index (χ2n) is 4.46. The molecule has 0 atom stereocenters. The maximum Gasteiger partial charge on any atom is 0.352 e. The molecule has 1 heterocycles. The van der Waals surface area contributed by atoms with Crippen molar-refractivity contribution in [1.29, 1.82) is 0 Å². The average Bonchev–Trinajstić information content (AvgIpc) is 3.03. The molecule has 0 aliphatic heterocycles. The van der Waals surface area contributed by atoms with Gasteiger partial charge >= 0.3 is 5.97 Å². The van der Waals surface area contributed by atoms with Gasteiger partial charge in [-0.25, -0.2) is 4.79 Å². The summed E-state index contributed by atoms with van der Waals surface area (Å²) in [6.07, 6.45) is 0.578. The summed E-state index contributed by atoms with van der Waals surface area (Å²) in [7, 11) is 0. The molecule has 23 heavy (non-hydrogen) atoms. The van der Waals surface area contributed by atoms with Crippen molar-refractivity contribution < 1.29 is 19.1 Å². The number of anilines is 1. The molecule has 8 heteroatoms. The minimum Gasteiger partial charge on any atom is -0.492 e. The Labute approximate surface area is 137 Å². The van der Waals surface area contributed by atoms with E-state index in [9.17, 15) is 9.59 Å². The normalized spacial score (nSPS) is 10.2. The first-order chi connectivity index (χ1) is 11.2. The van der Waals surface area contributed by atoms with Gasteiger partial charge in [0.25, 0.3) is 5.91 Å². The summed E-state index contributed by atoms with van der Waals surface area (Å²) >= 11 is 0.960. The standard InChI is InChI=1S/C15H17N3O4S/c1-3-10-14(23-18-17-10)15(20)22-9-13(19)16-11-7-5-6-8-12(11)21-4-2/h5-8H,3-4,9H2,1-2H3,(H,16,19). The van der Waals surface area contributed by atoms with Crippen molar-refractivity contribution in [3.05, 3.63) is 34.8 Å². The van der Waals surface area contributed by atoms with Crippen LogP contribution in [0, 0.1) is 0 Å². The van der Waals surface area contributed by atoms with Gasteiger partial charge in [-0.2, -0.15) is 0 Å². The average molecular weight is 335 g/mol. The van der Waals surface area contributed by atoms with E-state index in [1.54, 1.807) is 18.2 Å². The van der Waals surface area contributed by atoms with Gasteiger partial charge in [0.05, 0.1) is 18.0 Å². The van der Waals surface area contributed by atoms with Gasteiger partial charge in [0.15, 0.2) is 11.5 Å². The molecule has 0 radical (unpaired) electrons. The van der Waals surface area contributed by atoms with E-state index in [-0.39, 0.29) is 6.61 Å². The van der Waals surface area contributed by atoms with Crippen LogP contribution in [0.5, 0.6) is 5.75 Å². The number of benzene rings is 1. The summed E-state index contributed by atoms with van der Waals surface area (Å²) in [6, 6.07) is 7.05. The molecule has 0 aliphatic rings. The number of hydrogen-bond acceptors (Lipinski definition) is 7. The van der Waals surface area contributed by atoms with Crippen molar-refractivity contribution >= 4 is 29.1 Å². The van der Waals surface area contributed by atoms with Crippen molar-refractivity contribution in [1.82, 2.24) is 9.59 Å². The number of carbonyl (C=O) groups excluding carboxylic acids is 2. The lowest BCUT2D eigenvalue weighted by molar-refractivity contribution is -0.119. The molecule has 1 aromatic heterocycles. The zero-order valence-electron chi connectivity index (χ0n) is 12.9. The van der Waals surface area contributed by atoms with Gasteiger partial charge in [-0.05, 0) is 37.0 Å². The van der Waals surface area contributed by atoms with Crippen molar-refractivity contribution in [3.8, 4) is 5.75 Å². The summed E-state index contributed by atoms with van der Waals surface area (Å²) in [5.74, 6) is -0.472. The first-order valence-electron chi connectivity index (χ1n) is 7.15. The van der Waals surface area contributed by atoms with Crippen LogP contribution >= 0.6 is 11.5 Å². The quantitative estimate of drug-likeness (QED) is 0.781. The number of rotatable bonds is 7. The molecular weight excluding hydrogens is 318 g/mol. The largest absolute Gasteiger partial charge is 0.492 e. The van der Waals surface area contributed by atoms with Crippen molar-refractivity contribution in [2.75, 3.05) is 18.5 Å². The molecule has 0 fully saturated rings. The number of amides is 1. The zero-order valence-corrected chi connectivity index (χ0v) is 13.7. The van der Waals surface area contributed by atoms with E-state index < -0.39 is 11.9 Å². The molecule has 1 N–H and O–H groups in total. The first-order valence-corrected chi connectivity index (χ1v) is 7.93. The molecule has 122 valence electrons. The van der Waals surface area contributed by atoms with Crippen LogP contribution in [0.25, 0.3) is 0 Å². The number of nitrogens with zero attached hydrogens (tertiary/aromatic N) is 2. The molecule has 1 amide bonds. The third-order valence-corrected chi connectivity index (χ3v) is 3.62. The molecule has 2 aromatic rings. The predicted octanol–water partition coefficient (Wildman–Crippen LogP) is 2.29. The monoisotopic (exact) mass is 335 g/mol. The van der Waals surface area contributed by atoms with Crippen LogP contribution in [0.15, 0.2) is 24.3 Å². The smallest absolute Gasteiger partial charge is 0.352 e. The first kappa shape index (κ1) is 16.9. The lowest BCUT2D eigenvalue weighted by Crippen LogP contribution is -2.21. The highest BCUT2D eigenvalue weighted by Gasteiger charge is 2.18. The second kappa shape index (κ2) is 8.23. The fourth-order valence-corrected chi connectivity index (χ4v) is 2.47. The molecule has 2 rings (SSSR count). The summed E-state index contributed by atoms with van der Waals surface area (Å²) in [5.41, 5.74) is 1.10. The fourth-order valence-electron chi connectivity index (χ4n) is 1.83. The fraction of sp³-hybridized carbons (Fsp3) is 0.333. The lowest BCUT2D eigenvalue weighted by atomic mass is 10.3. The Bertz CT molecular complexity index is 687. The van der Waals surface area contributed by atoms with E-state index in [1.165, 1.54) is 0 Å². The topological polar surface area (TPSA) is 90.4 Å². The van der Waals surface area contributed by atoms with Gasteiger partial charge in [-0.1, -0.05) is 23.5 Å². The third-order valence-electron chi connectivity index (χ3n) is 2.87. The van der Waals surface area contributed by atoms with Crippen LogP contribution in [0.2, 0.25) is 0 Å². The summed E-state index contributed by atoms with van der Waals surface area (Å²) in [6.45, 7) is 3.82. The molecule has 0 aliphatic carbocycles. The van der Waals surface area contributed by atoms with Crippen LogP contribution in [0.1, 0.15) is 29.2 Å². The number of aromatic nitrogens is 2. The maximum absolute atomic E-state index is 11.9. The van der Waals surface area contributed by atoms with E-state index >= 15 is 0 Å². The van der Waals surface area contributed by atoms with E-state index in [0.29, 0.717) is 35.0 Å². The Balaban J connectivity index is 1.92. The lowest BCUT2D eigenvalue weighted by Gasteiger charge is -2.11. The number of hydrogen-bond donors (Lipinski definition) is 1. The summed E-state index contributed by atoms with van der Waals surface area (Å²) in [5, 5.41) is 6.49. The molecule has 7 nitrogen and oxygen atoms in total. The number of ether oxygens (including phenoxy) is 2. The summed E-state index contributed by atoms with van der Waals surface area (Å²) < 4.78 is 14.1. The van der Waals surface area contributed by atoms with Gasteiger partial charge in [0.2, 0.25) is 0 Å². The van der Waals surface area contributed by atoms with Gasteiger partial charge in [-0.3, -0.25) is 4.79 Å². The highest BCUT2D eigenvalue weighted by atomic mass is 32.1. The Kier molecular flexibility index (Phi) is 6.04. The number of carbonyl (C=O) groups is 2. The van der Waals surface area contributed by atoms with E-state index in [1.807, 2.05) is 19.9 Å². The Morgan fingerprint density at radius 3 is 2.78 bits per heavy atom. The maximum atomic E-state index is 11.9. The second-order valence-corrected chi connectivity index (χ2v) is 5.21. The van der Waals surface area contributed by atoms with Gasteiger partial charge in [0.1, 0.15) is 5.75 Å². The molecule has 0 bridgehead atoms. The molecular formula is C15H17N3O4S. The van der Waals surface area contributed by atoms with Crippen LogP contribution in [-0.2, 0) is 16.0 Å². The minimum absolute atomic E-state index is 0.329. The van der Waals surface area contributed by atoms with Gasteiger partial charge in [0, 0.05) is 0 Å². The van der Waals surface area contributed by atoms with Crippen LogP contribution in [0.3, 0.4) is 0 Å². The van der Waals surface area contributed by atoms with Crippen molar-refractivity contribution in [2.24, 2.45) is 0 Å². The Morgan fingerprint density at radius 2 is 2.04 bits per heavy atom. The number of nitrogens with one attached hydrogen (secondary N) is 1. The predicted molar refractivity (Wildman–Crippen MR) is 85.8 cm³/mol. The zero-order chi connectivity index (χ0) is 16.7. The van der Waals surface area contributed by atoms with Crippen LogP contribution < -0.4 is 10.1 Å². The molecule has 1 aromatic carbocycles. The molecule has 0 saturated heterocycles. The van der Waals surface area contributed by atoms with Crippen LogP contribution in [-0.4, -0.2) is 34.7 Å². The van der Waals surface area contributed by atoms with Gasteiger partial charge < -0.3 is 14.8 Å². The van der Waals surface area contributed by atoms with Gasteiger partial charge in [-0.15, -0.1) is 5.10 Å². The molecule has 0 spiro atoms. The number of aryl methyl sites for hydroxylation is 1. The number of para-hydroxylation sites is 2. The summed E-state index contributed by atoms with van der Waals surface area (Å²) in [4.78, 5) is 24.2. The Hall–Kier alpha value is -2.48. The van der Waals surface area contributed by atoms with Crippen molar-refractivity contribution in [3.63, 3.8) is 0 Å². The van der Waals surface area contributed by atoms with Crippen molar-refractivity contribution in [2.45, 2.75) is 20.3 Å². The third kappa shape index (κ3) is 4.49. The van der Waals surface area contributed by atoms with E-state index in [4.69, 9.17) is 9.47 Å². The Morgan fingerprint density at radius 1 is 1.26 bits per heavy atom. The minimum atomic E-state index is -0.593. The highest BCUT2D eigenvalue weighted by Crippen LogP contribution is 2.23. The van der Waals surface area contributed by atoms with E-state index in [0.717, 1.165) is 11.5 Å². The molecule has 0 saturated carbocycles. The van der Waals surface area contributed by atoms with Crippen LogP contribution in [0.4, 0.5) is 5.69 Å². The van der Waals surface area contributed by atoms with E-state index in [2.05, 4.69) is 14.9 Å². The number of esters is 1. The highest BCUT2D eigenvalue weighted by molar-refractivity contribution is 7.07. The molecule has 0 unspecified atom stereocenters.